The van der Waals surface area contributed by atoms with Gasteiger partial charge in [-0.25, -0.2) is 0 Å². The van der Waals surface area contributed by atoms with Crippen molar-refractivity contribution >= 4 is 5.91 Å². The van der Waals surface area contributed by atoms with E-state index in [2.05, 4.69) is 51.9 Å². The summed E-state index contributed by atoms with van der Waals surface area (Å²) in [5.74, 6) is 0.162. The molecule has 4 rings (SSSR count). The van der Waals surface area contributed by atoms with Crippen molar-refractivity contribution in [3.63, 3.8) is 0 Å². The van der Waals surface area contributed by atoms with Gasteiger partial charge in [-0.15, -0.1) is 0 Å². The molecule has 25 heavy (non-hydrogen) atoms. The lowest BCUT2D eigenvalue weighted by molar-refractivity contribution is -0.134. The SMILES string of the molecule is O=C(NCc1ccccc1)C1(N2CCNCC2)Cc2ccccc2C1. The maximum absolute atomic E-state index is 13.3. The first-order chi connectivity index (χ1) is 12.3. The summed E-state index contributed by atoms with van der Waals surface area (Å²) in [5.41, 5.74) is 3.33. The van der Waals surface area contributed by atoms with Crippen LogP contribution in [0.2, 0.25) is 0 Å². The summed E-state index contributed by atoms with van der Waals surface area (Å²) in [6.45, 7) is 4.33. The van der Waals surface area contributed by atoms with Crippen molar-refractivity contribution in [2.45, 2.75) is 24.9 Å². The minimum absolute atomic E-state index is 0.162. The van der Waals surface area contributed by atoms with Crippen LogP contribution in [0.5, 0.6) is 0 Å². The van der Waals surface area contributed by atoms with Crippen LogP contribution in [-0.4, -0.2) is 42.5 Å². The summed E-state index contributed by atoms with van der Waals surface area (Å²) in [6, 6.07) is 18.6. The Balaban J connectivity index is 1.56. The van der Waals surface area contributed by atoms with Gasteiger partial charge in [0.15, 0.2) is 0 Å². The Hall–Kier alpha value is -2.17. The first-order valence-electron chi connectivity index (χ1n) is 9.13. The van der Waals surface area contributed by atoms with Crippen LogP contribution in [0.4, 0.5) is 0 Å². The van der Waals surface area contributed by atoms with Gasteiger partial charge >= 0.3 is 0 Å². The zero-order valence-electron chi connectivity index (χ0n) is 14.5. The average molecular weight is 335 g/mol. The molecule has 1 aliphatic heterocycles. The summed E-state index contributed by atoms with van der Waals surface area (Å²) >= 11 is 0. The van der Waals surface area contributed by atoms with Crippen LogP contribution in [-0.2, 0) is 24.2 Å². The Morgan fingerprint density at radius 1 is 0.960 bits per heavy atom. The lowest BCUT2D eigenvalue weighted by atomic mass is 9.91. The van der Waals surface area contributed by atoms with Crippen LogP contribution >= 0.6 is 0 Å². The van der Waals surface area contributed by atoms with E-state index in [9.17, 15) is 4.79 Å². The Morgan fingerprint density at radius 3 is 2.20 bits per heavy atom. The molecular formula is C21H25N3O. The third-order valence-electron chi connectivity index (χ3n) is 5.53. The normalized spacial score (nSPS) is 19.4. The number of hydrogen-bond donors (Lipinski definition) is 2. The van der Waals surface area contributed by atoms with Crippen molar-refractivity contribution in [1.82, 2.24) is 15.5 Å². The van der Waals surface area contributed by atoms with Crippen molar-refractivity contribution in [3.05, 3.63) is 71.3 Å². The van der Waals surface area contributed by atoms with Gasteiger partial charge in [0.2, 0.25) is 5.91 Å². The zero-order valence-corrected chi connectivity index (χ0v) is 14.5. The summed E-state index contributed by atoms with van der Waals surface area (Å²) < 4.78 is 0. The predicted molar refractivity (Wildman–Crippen MR) is 99.3 cm³/mol. The Kier molecular flexibility index (Phi) is 4.55. The van der Waals surface area contributed by atoms with Crippen molar-refractivity contribution in [2.75, 3.05) is 26.2 Å². The number of carbonyl (C=O) groups excluding carboxylic acids is 1. The maximum Gasteiger partial charge on any atom is 0.241 e. The minimum atomic E-state index is -0.444. The number of piperazine rings is 1. The molecule has 1 aliphatic carbocycles. The average Bonchev–Trinajstić information content (AvgIpc) is 3.08. The molecule has 0 saturated carbocycles. The number of nitrogens with one attached hydrogen (secondary N) is 2. The van der Waals surface area contributed by atoms with Gasteiger partial charge in [-0.2, -0.15) is 0 Å². The molecule has 1 fully saturated rings. The van der Waals surface area contributed by atoms with Gasteiger partial charge in [0.25, 0.3) is 0 Å². The van der Waals surface area contributed by atoms with Crippen molar-refractivity contribution in [1.29, 1.82) is 0 Å². The molecule has 0 aromatic heterocycles. The Labute approximate surface area is 149 Å². The summed E-state index contributed by atoms with van der Waals surface area (Å²) in [6.07, 6.45) is 1.62. The molecule has 2 aromatic rings. The van der Waals surface area contributed by atoms with Crippen molar-refractivity contribution in [3.8, 4) is 0 Å². The highest BCUT2D eigenvalue weighted by molar-refractivity contribution is 5.88. The molecule has 1 amide bonds. The molecule has 130 valence electrons. The van der Waals surface area contributed by atoms with E-state index in [0.29, 0.717) is 6.54 Å². The number of amides is 1. The molecule has 0 spiro atoms. The van der Waals surface area contributed by atoms with Crippen molar-refractivity contribution in [2.24, 2.45) is 0 Å². The lowest BCUT2D eigenvalue weighted by Crippen LogP contribution is -2.63. The standard InChI is InChI=1S/C21H25N3O/c25-20(23-16-17-6-2-1-3-7-17)21(24-12-10-22-11-13-24)14-18-8-4-5-9-19(18)15-21/h1-9,22H,10-16H2,(H,23,25). The van der Waals surface area contributed by atoms with Crippen LogP contribution in [0.1, 0.15) is 16.7 Å². The number of benzene rings is 2. The quantitative estimate of drug-likeness (QED) is 0.895. The first kappa shape index (κ1) is 16.3. The number of hydrogen-bond acceptors (Lipinski definition) is 3. The van der Waals surface area contributed by atoms with E-state index < -0.39 is 5.54 Å². The van der Waals surface area contributed by atoms with Gasteiger partial charge in [-0.05, 0) is 16.7 Å². The number of fused-ring (bicyclic) bond motifs is 1. The van der Waals surface area contributed by atoms with Gasteiger partial charge < -0.3 is 10.6 Å². The van der Waals surface area contributed by atoms with Crippen molar-refractivity contribution < 1.29 is 4.79 Å². The van der Waals surface area contributed by atoms with Crippen LogP contribution in [0.25, 0.3) is 0 Å². The predicted octanol–water partition coefficient (Wildman–Crippen LogP) is 1.75. The fraction of sp³-hybridized carbons (Fsp3) is 0.381. The van der Waals surface area contributed by atoms with Crippen LogP contribution in [0.3, 0.4) is 0 Å². The molecule has 1 saturated heterocycles. The molecule has 0 unspecified atom stereocenters. The minimum Gasteiger partial charge on any atom is -0.350 e. The fourth-order valence-electron chi connectivity index (χ4n) is 4.16. The molecule has 2 aromatic carbocycles. The molecular weight excluding hydrogens is 310 g/mol. The largest absolute Gasteiger partial charge is 0.350 e. The fourth-order valence-corrected chi connectivity index (χ4v) is 4.16. The van der Waals surface area contributed by atoms with E-state index in [1.807, 2.05) is 18.2 Å². The second-order valence-electron chi connectivity index (χ2n) is 7.06. The maximum atomic E-state index is 13.3. The lowest BCUT2D eigenvalue weighted by Gasteiger charge is -2.42. The van der Waals surface area contributed by atoms with Crippen LogP contribution in [0, 0.1) is 0 Å². The molecule has 0 bridgehead atoms. The zero-order chi connectivity index (χ0) is 17.1. The Morgan fingerprint density at radius 2 is 1.56 bits per heavy atom. The summed E-state index contributed by atoms with van der Waals surface area (Å²) in [4.78, 5) is 15.7. The molecule has 0 radical (unpaired) electrons. The van der Waals surface area contributed by atoms with E-state index in [4.69, 9.17) is 0 Å². The number of carbonyl (C=O) groups is 1. The third-order valence-corrected chi connectivity index (χ3v) is 5.53. The topological polar surface area (TPSA) is 44.4 Å². The number of rotatable bonds is 4. The first-order valence-corrected chi connectivity index (χ1v) is 9.13. The van der Waals surface area contributed by atoms with E-state index in [0.717, 1.165) is 44.6 Å². The molecule has 4 heteroatoms. The highest BCUT2D eigenvalue weighted by atomic mass is 16.2. The molecule has 2 aliphatic rings. The van der Waals surface area contributed by atoms with Crippen LogP contribution in [0.15, 0.2) is 54.6 Å². The van der Waals surface area contributed by atoms with Gasteiger partial charge in [-0.1, -0.05) is 54.6 Å². The molecule has 0 atom stereocenters. The van der Waals surface area contributed by atoms with Gasteiger partial charge in [0, 0.05) is 45.6 Å². The smallest absolute Gasteiger partial charge is 0.241 e. The van der Waals surface area contributed by atoms with Gasteiger partial charge in [-0.3, -0.25) is 9.69 Å². The van der Waals surface area contributed by atoms with Crippen LogP contribution < -0.4 is 10.6 Å². The highest BCUT2D eigenvalue weighted by Gasteiger charge is 2.48. The summed E-state index contributed by atoms with van der Waals surface area (Å²) in [7, 11) is 0. The Bertz CT molecular complexity index is 713. The molecule has 2 N–H and O–H groups in total. The van der Waals surface area contributed by atoms with E-state index in [-0.39, 0.29) is 5.91 Å². The van der Waals surface area contributed by atoms with E-state index in [1.54, 1.807) is 0 Å². The van der Waals surface area contributed by atoms with Gasteiger partial charge in [0.05, 0.1) is 0 Å². The van der Waals surface area contributed by atoms with E-state index >= 15 is 0 Å². The summed E-state index contributed by atoms with van der Waals surface area (Å²) in [5, 5.41) is 6.61. The second-order valence-corrected chi connectivity index (χ2v) is 7.06. The molecule has 4 nitrogen and oxygen atoms in total. The second kappa shape index (κ2) is 6.98. The highest BCUT2D eigenvalue weighted by Crippen LogP contribution is 2.35. The van der Waals surface area contributed by atoms with E-state index in [1.165, 1.54) is 11.1 Å². The molecule has 1 heterocycles. The monoisotopic (exact) mass is 335 g/mol. The number of nitrogens with zero attached hydrogens (tertiary/aromatic N) is 1. The van der Waals surface area contributed by atoms with Gasteiger partial charge in [0.1, 0.15) is 5.54 Å². The third kappa shape index (κ3) is 3.20.